The highest BCUT2D eigenvalue weighted by atomic mass is 32.2. The van der Waals surface area contributed by atoms with E-state index in [2.05, 4.69) is 43.9 Å². The summed E-state index contributed by atoms with van der Waals surface area (Å²) < 4.78 is 28.5. The fraction of sp³-hybridized carbons (Fsp3) is 0.381. The lowest BCUT2D eigenvalue weighted by Gasteiger charge is -2.20. The monoisotopic (exact) mass is 416 g/mol. The molecule has 29 heavy (non-hydrogen) atoms. The first-order valence-electron chi connectivity index (χ1n) is 9.76. The number of nitrogens with zero attached hydrogens (tertiary/aromatic N) is 1. The summed E-state index contributed by atoms with van der Waals surface area (Å²) in [5, 5.41) is 2.75. The molecule has 1 amide bonds. The Balaban J connectivity index is 1.56. The van der Waals surface area contributed by atoms with Crippen LogP contribution in [-0.2, 0) is 28.0 Å². The van der Waals surface area contributed by atoms with E-state index in [1.807, 2.05) is 24.3 Å². The number of nitrogens with one attached hydrogen (secondary N) is 3. The van der Waals surface area contributed by atoms with E-state index in [0.717, 1.165) is 25.1 Å². The smallest absolute Gasteiger partial charge is 0.277 e. The quantitative estimate of drug-likeness (QED) is 0.616. The van der Waals surface area contributed by atoms with E-state index < -0.39 is 22.2 Å². The molecule has 0 spiro atoms. The highest BCUT2D eigenvalue weighted by molar-refractivity contribution is 7.87. The maximum atomic E-state index is 12.3. The molecule has 1 atom stereocenters. The second kappa shape index (κ2) is 8.94. The molecule has 0 saturated heterocycles. The van der Waals surface area contributed by atoms with Gasteiger partial charge in [-0.05, 0) is 56.5 Å². The molecule has 1 heterocycles. The summed E-state index contributed by atoms with van der Waals surface area (Å²) in [5.74, 6) is -0.416. The third-order valence-corrected chi connectivity index (χ3v) is 6.14. The van der Waals surface area contributed by atoms with Gasteiger partial charge in [-0.1, -0.05) is 30.3 Å². The fourth-order valence-corrected chi connectivity index (χ4v) is 4.63. The van der Waals surface area contributed by atoms with Crippen molar-refractivity contribution in [3.63, 3.8) is 0 Å². The van der Waals surface area contributed by atoms with Crippen molar-refractivity contribution in [1.29, 1.82) is 0 Å². The molecule has 2 aromatic carbocycles. The van der Waals surface area contributed by atoms with Crippen molar-refractivity contribution in [3.05, 3.63) is 59.7 Å². The van der Waals surface area contributed by atoms with Crippen LogP contribution in [0.25, 0.3) is 0 Å². The number of amides is 1. The van der Waals surface area contributed by atoms with E-state index in [0.29, 0.717) is 5.69 Å². The van der Waals surface area contributed by atoms with Crippen molar-refractivity contribution in [2.24, 2.45) is 0 Å². The standard InChI is InChI=1S/C21H28N4O3S/c1-15(2)23-29(27,28)24-16(3)21(26)22-19-10-8-17(9-11-19)14-25-13-12-18-6-4-5-7-20(18)25/h4-11,15-16,23-24H,12-14H2,1-3H3,(H,22,26). The number of carbonyl (C=O) groups is 1. The summed E-state index contributed by atoms with van der Waals surface area (Å²) in [4.78, 5) is 14.7. The molecule has 0 radical (unpaired) electrons. The first-order valence-corrected chi connectivity index (χ1v) is 11.2. The number of hydrogen-bond donors (Lipinski definition) is 3. The molecule has 3 rings (SSSR count). The third-order valence-electron chi connectivity index (χ3n) is 4.69. The van der Waals surface area contributed by atoms with Crippen LogP contribution in [0.15, 0.2) is 48.5 Å². The van der Waals surface area contributed by atoms with Crippen LogP contribution >= 0.6 is 0 Å². The zero-order valence-corrected chi connectivity index (χ0v) is 17.8. The molecule has 7 nitrogen and oxygen atoms in total. The second-order valence-corrected chi connectivity index (χ2v) is 9.08. The van der Waals surface area contributed by atoms with Gasteiger partial charge in [-0.3, -0.25) is 4.79 Å². The summed E-state index contributed by atoms with van der Waals surface area (Å²) in [7, 11) is -3.73. The lowest BCUT2D eigenvalue weighted by atomic mass is 10.1. The zero-order valence-electron chi connectivity index (χ0n) is 17.0. The normalized spacial score (nSPS) is 14.7. The van der Waals surface area contributed by atoms with Gasteiger partial charge >= 0.3 is 0 Å². The number of carbonyl (C=O) groups excluding carboxylic acids is 1. The van der Waals surface area contributed by atoms with Gasteiger partial charge in [-0.15, -0.1) is 0 Å². The van der Waals surface area contributed by atoms with Crippen molar-refractivity contribution in [1.82, 2.24) is 9.44 Å². The summed E-state index contributed by atoms with van der Waals surface area (Å²) in [6.07, 6.45) is 1.06. The van der Waals surface area contributed by atoms with E-state index in [1.54, 1.807) is 13.8 Å². The molecular formula is C21H28N4O3S. The van der Waals surface area contributed by atoms with Crippen LogP contribution < -0.4 is 19.7 Å². The summed E-state index contributed by atoms with van der Waals surface area (Å²) in [6, 6.07) is 14.9. The van der Waals surface area contributed by atoms with E-state index in [4.69, 9.17) is 0 Å². The van der Waals surface area contributed by atoms with Gasteiger partial charge in [0.25, 0.3) is 10.2 Å². The fourth-order valence-electron chi connectivity index (χ4n) is 3.37. The molecule has 1 aliphatic rings. The maximum absolute atomic E-state index is 12.3. The largest absolute Gasteiger partial charge is 0.367 e. The molecule has 0 aliphatic carbocycles. The molecule has 0 fully saturated rings. The topological polar surface area (TPSA) is 90.5 Å². The van der Waals surface area contributed by atoms with Gasteiger partial charge in [0.05, 0.1) is 6.04 Å². The van der Waals surface area contributed by atoms with E-state index in [1.165, 1.54) is 18.2 Å². The summed E-state index contributed by atoms with van der Waals surface area (Å²) in [5.41, 5.74) is 4.43. The Morgan fingerprint density at radius 2 is 1.72 bits per heavy atom. The second-order valence-electron chi connectivity index (χ2n) is 7.60. The molecule has 0 saturated carbocycles. The number of fused-ring (bicyclic) bond motifs is 1. The Hall–Kier alpha value is -2.42. The number of anilines is 2. The highest BCUT2D eigenvalue weighted by Crippen LogP contribution is 2.28. The third kappa shape index (κ3) is 5.79. The first-order chi connectivity index (χ1) is 13.7. The Morgan fingerprint density at radius 1 is 1.03 bits per heavy atom. The summed E-state index contributed by atoms with van der Waals surface area (Å²) >= 11 is 0. The maximum Gasteiger partial charge on any atom is 0.277 e. The lowest BCUT2D eigenvalue weighted by Crippen LogP contribution is -2.48. The number of rotatable bonds is 8. The molecule has 2 aromatic rings. The molecule has 156 valence electrons. The minimum atomic E-state index is -3.73. The molecule has 0 aromatic heterocycles. The molecule has 1 aliphatic heterocycles. The Bertz CT molecular complexity index is 958. The zero-order chi connectivity index (χ0) is 21.0. The van der Waals surface area contributed by atoms with Crippen LogP contribution in [0.5, 0.6) is 0 Å². The summed E-state index contributed by atoms with van der Waals surface area (Å²) in [6.45, 7) is 6.74. The minimum Gasteiger partial charge on any atom is -0.367 e. The average molecular weight is 417 g/mol. The van der Waals surface area contributed by atoms with Crippen molar-refractivity contribution < 1.29 is 13.2 Å². The van der Waals surface area contributed by atoms with Gasteiger partial charge in [0.1, 0.15) is 0 Å². The number of benzene rings is 2. The Morgan fingerprint density at radius 3 is 2.41 bits per heavy atom. The SMILES string of the molecule is CC(C)NS(=O)(=O)NC(C)C(=O)Nc1ccc(CN2CCc3ccccc32)cc1. The van der Waals surface area contributed by atoms with E-state index in [9.17, 15) is 13.2 Å². The average Bonchev–Trinajstić information content (AvgIpc) is 3.05. The van der Waals surface area contributed by atoms with Gasteiger partial charge < -0.3 is 10.2 Å². The molecule has 3 N–H and O–H groups in total. The molecule has 0 bridgehead atoms. The van der Waals surface area contributed by atoms with Gasteiger partial charge in [-0.25, -0.2) is 0 Å². The van der Waals surface area contributed by atoms with Crippen LogP contribution in [0.3, 0.4) is 0 Å². The Kier molecular flexibility index (Phi) is 6.56. The molecule has 1 unspecified atom stereocenters. The van der Waals surface area contributed by atoms with Crippen LogP contribution in [0, 0.1) is 0 Å². The van der Waals surface area contributed by atoms with Gasteiger partial charge in [0, 0.05) is 30.5 Å². The van der Waals surface area contributed by atoms with E-state index >= 15 is 0 Å². The van der Waals surface area contributed by atoms with Crippen molar-refractivity contribution in [2.75, 3.05) is 16.8 Å². The van der Waals surface area contributed by atoms with Gasteiger partial charge in [0.2, 0.25) is 5.91 Å². The number of para-hydroxylation sites is 1. The van der Waals surface area contributed by atoms with Crippen LogP contribution in [0.1, 0.15) is 31.9 Å². The molecule has 8 heteroatoms. The van der Waals surface area contributed by atoms with Crippen molar-refractivity contribution in [3.8, 4) is 0 Å². The van der Waals surface area contributed by atoms with Gasteiger partial charge in [-0.2, -0.15) is 17.9 Å². The van der Waals surface area contributed by atoms with Crippen molar-refractivity contribution in [2.45, 2.75) is 45.8 Å². The van der Waals surface area contributed by atoms with Crippen LogP contribution in [0.2, 0.25) is 0 Å². The Labute approximate surface area is 172 Å². The predicted octanol–water partition coefficient (Wildman–Crippen LogP) is 2.41. The van der Waals surface area contributed by atoms with Crippen LogP contribution in [-0.4, -0.2) is 33.0 Å². The first kappa shape index (κ1) is 21.3. The van der Waals surface area contributed by atoms with Crippen molar-refractivity contribution >= 4 is 27.5 Å². The van der Waals surface area contributed by atoms with Gasteiger partial charge in [0.15, 0.2) is 0 Å². The molecular weight excluding hydrogens is 388 g/mol. The van der Waals surface area contributed by atoms with Crippen LogP contribution in [0.4, 0.5) is 11.4 Å². The van der Waals surface area contributed by atoms with E-state index in [-0.39, 0.29) is 6.04 Å². The lowest BCUT2D eigenvalue weighted by molar-refractivity contribution is -0.117. The minimum absolute atomic E-state index is 0.252. The number of hydrogen-bond acceptors (Lipinski definition) is 4. The predicted molar refractivity (Wildman–Crippen MR) is 116 cm³/mol. The highest BCUT2D eigenvalue weighted by Gasteiger charge is 2.21.